The van der Waals surface area contributed by atoms with Gasteiger partial charge in [0.1, 0.15) is 11.3 Å². The number of benzene rings is 1. The number of aromatic nitrogens is 5. The van der Waals surface area contributed by atoms with E-state index in [1.165, 1.54) is 22.2 Å². The van der Waals surface area contributed by atoms with E-state index in [1.54, 1.807) is 12.3 Å². The van der Waals surface area contributed by atoms with Crippen LogP contribution in [0, 0.1) is 12.5 Å². The Balaban J connectivity index is 0.00000171. The van der Waals surface area contributed by atoms with Gasteiger partial charge in [-0.1, -0.05) is 25.1 Å². The van der Waals surface area contributed by atoms with Crippen molar-refractivity contribution in [1.82, 2.24) is 24.1 Å². The van der Waals surface area contributed by atoms with E-state index in [0.717, 1.165) is 0 Å². The lowest BCUT2D eigenvalue weighted by molar-refractivity contribution is 0.101. The number of hydrogen-bond acceptors (Lipinski definition) is 7. The maximum atomic E-state index is 13.7. The third kappa shape index (κ3) is 4.13. The minimum Gasteiger partial charge on any atom is -0.368 e. The minimum atomic E-state index is -0.353. The van der Waals surface area contributed by atoms with Crippen molar-refractivity contribution < 1.29 is 4.79 Å². The predicted molar refractivity (Wildman–Crippen MR) is 144 cm³/mol. The number of nitrogens with zero attached hydrogens (tertiary/aromatic N) is 7. The van der Waals surface area contributed by atoms with Crippen LogP contribution in [0.25, 0.3) is 16.0 Å². The molecule has 5 rings (SSSR count). The normalized spacial score (nSPS) is 16.5. The number of carbonyl (C=O) groups excluding carboxylic acids is 1. The van der Waals surface area contributed by atoms with E-state index in [4.69, 9.17) is 17.4 Å². The maximum Gasteiger partial charge on any atom is 0.271 e. The molecular weight excluding hydrogens is 484 g/mol. The van der Waals surface area contributed by atoms with Crippen molar-refractivity contribution in [3.05, 3.63) is 82.0 Å². The van der Waals surface area contributed by atoms with Crippen LogP contribution in [0.1, 0.15) is 36.1 Å². The number of para-hydroxylation sites is 1. The average Bonchev–Trinajstić information content (AvgIpc) is 3.21. The topological polar surface area (TPSA) is 116 Å². The Labute approximate surface area is 215 Å². The van der Waals surface area contributed by atoms with Crippen LogP contribution >= 0.6 is 27.0 Å². The first-order chi connectivity index (χ1) is 15.9. The standard InChI is InChI=1S/C23H20N8O2.2H2S/c1-13-12-29(20-16(14(2)32)11-26-23(24)27-20)18(13)21-28-30-10-9-17(25-3)19(30)22(33)31(21)15-7-5-4-6-8-15;;/h4-11,13,18H,12H2,1-2H3,(H2,24,26,27);2*1H2/t13-,18-;;/m0../s1. The van der Waals surface area contributed by atoms with Gasteiger partial charge in [-0.15, -0.1) is 0 Å². The van der Waals surface area contributed by atoms with Gasteiger partial charge in [-0.25, -0.2) is 14.3 Å². The summed E-state index contributed by atoms with van der Waals surface area (Å²) in [5.41, 5.74) is 6.95. The molecule has 1 aliphatic heterocycles. The van der Waals surface area contributed by atoms with Crippen LogP contribution in [-0.4, -0.2) is 36.5 Å². The fourth-order valence-corrected chi connectivity index (χ4v) is 4.33. The number of nitrogen functional groups attached to an aromatic ring is 1. The van der Waals surface area contributed by atoms with Crippen LogP contribution in [0.5, 0.6) is 0 Å². The second kappa shape index (κ2) is 9.81. The van der Waals surface area contributed by atoms with Gasteiger partial charge < -0.3 is 10.6 Å². The molecule has 0 aliphatic carbocycles. The number of ketones is 1. The number of nitrogens with two attached hydrogens (primary N) is 1. The van der Waals surface area contributed by atoms with Gasteiger partial charge in [0.25, 0.3) is 5.56 Å². The lowest BCUT2D eigenvalue weighted by atomic mass is 9.88. The Bertz CT molecular complexity index is 1510. The van der Waals surface area contributed by atoms with Gasteiger partial charge in [0, 0.05) is 24.9 Å². The van der Waals surface area contributed by atoms with Crippen molar-refractivity contribution in [2.75, 3.05) is 17.2 Å². The second-order valence-corrected chi connectivity index (χ2v) is 8.04. The summed E-state index contributed by atoms with van der Waals surface area (Å²) in [4.78, 5) is 39.6. The molecule has 1 aromatic carbocycles. The summed E-state index contributed by atoms with van der Waals surface area (Å²) in [5, 5.41) is 4.76. The Kier molecular flexibility index (Phi) is 7.23. The van der Waals surface area contributed by atoms with E-state index in [9.17, 15) is 9.59 Å². The van der Waals surface area contributed by atoms with E-state index >= 15 is 0 Å². The molecule has 35 heavy (non-hydrogen) atoms. The average molecular weight is 509 g/mol. The van der Waals surface area contributed by atoms with Crippen LogP contribution in [0.4, 0.5) is 17.5 Å². The summed E-state index contributed by atoms with van der Waals surface area (Å²) in [6.07, 6.45) is 3.04. The molecule has 0 radical (unpaired) electrons. The number of rotatable bonds is 4. The first-order valence-electron chi connectivity index (χ1n) is 10.4. The first kappa shape index (κ1) is 25.8. The van der Waals surface area contributed by atoms with Crippen LogP contribution < -0.4 is 16.2 Å². The molecule has 0 saturated carbocycles. The van der Waals surface area contributed by atoms with Crippen LogP contribution in [0.3, 0.4) is 0 Å². The van der Waals surface area contributed by atoms with Crippen LogP contribution in [0.15, 0.2) is 53.6 Å². The molecule has 1 fully saturated rings. The van der Waals surface area contributed by atoms with Crippen molar-refractivity contribution in [1.29, 1.82) is 0 Å². The number of carbonyl (C=O) groups is 1. The first-order valence-corrected chi connectivity index (χ1v) is 10.4. The second-order valence-electron chi connectivity index (χ2n) is 8.04. The Hall–Kier alpha value is -3.82. The summed E-state index contributed by atoms with van der Waals surface area (Å²) in [6, 6.07) is 10.4. The summed E-state index contributed by atoms with van der Waals surface area (Å²) >= 11 is 0. The van der Waals surface area contributed by atoms with Gasteiger partial charge in [0.2, 0.25) is 11.6 Å². The quantitative estimate of drug-likeness (QED) is 0.333. The molecule has 2 N–H and O–H groups in total. The SMILES string of the molecule is S.S.[C-]#[N+]c1ccn2nc([C@@H]3[C@@H](C)CN3c3nc(N)ncc3C(C)=O)n(-c3ccccc3)c(=O)c12. The lowest BCUT2D eigenvalue weighted by Gasteiger charge is -2.47. The molecule has 4 aromatic rings. The van der Waals surface area contributed by atoms with E-state index in [0.29, 0.717) is 29.4 Å². The molecule has 180 valence electrons. The highest BCUT2D eigenvalue weighted by Gasteiger charge is 2.43. The van der Waals surface area contributed by atoms with Gasteiger partial charge in [0.05, 0.1) is 23.9 Å². The van der Waals surface area contributed by atoms with Crippen molar-refractivity contribution in [2.24, 2.45) is 5.92 Å². The van der Waals surface area contributed by atoms with E-state index in [2.05, 4.69) is 14.8 Å². The van der Waals surface area contributed by atoms with Crippen molar-refractivity contribution in [2.45, 2.75) is 19.9 Å². The largest absolute Gasteiger partial charge is 0.368 e. The van der Waals surface area contributed by atoms with Crippen molar-refractivity contribution >= 4 is 55.7 Å². The molecule has 0 amide bonds. The third-order valence-corrected chi connectivity index (χ3v) is 5.89. The molecule has 3 aromatic heterocycles. The van der Waals surface area contributed by atoms with Crippen LogP contribution in [0.2, 0.25) is 0 Å². The molecule has 4 heterocycles. The number of hydrogen-bond donors (Lipinski definition) is 1. The van der Waals surface area contributed by atoms with Gasteiger partial charge in [-0.05, 0) is 25.1 Å². The lowest BCUT2D eigenvalue weighted by Crippen LogP contribution is -2.52. The highest BCUT2D eigenvalue weighted by atomic mass is 32.1. The Morgan fingerprint density at radius 2 is 1.91 bits per heavy atom. The zero-order valence-electron chi connectivity index (χ0n) is 19.0. The van der Waals surface area contributed by atoms with Gasteiger partial charge in [-0.3, -0.25) is 14.2 Å². The zero-order chi connectivity index (χ0) is 23.3. The zero-order valence-corrected chi connectivity index (χ0v) is 21.0. The molecular formula is C23H24N8O2S2. The van der Waals surface area contributed by atoms with E-state index in [1.807, 2.05) is 42.2 Å². The molecule has 0 unspecified atom stereocenters. The van der Waals surface area contributed by atoms with E-state index < -0.39 is 0 Å². The minimum absolute atomic E-state index is 0. The van der Waals surface area contributed by atoms with Crippen molar-refractivity contribution in [3.63, 3.8) is 0 Å². The Morgan fingerprint density at radius 3 is 2.54 bits per heavy atom. The fraction of sp³-hybridized carbons (Fsp3) is 0.217. The summed E-state index contributed by atoms with van der Waals surface area (Å²) < 4.78 is 2.99. The van der Waals surface area contributed by atoms with E-state index in [-0.39, 0.29) is 67.4 Å². The molecule has 2 atom stereocenters. The number of Topliss-reactive ketones (excluding diaryl/α,β-unsaturated/α-hetero) is 1. The molecule has 12 heteroatoms. The molecule has 1 aliphatic rings. The highest BCUT2D eigenvalue weighted by molar-refractivity contribution is 7.59. The van der Waals surface area contributed by atoms with Crippen LogP contribution in [-0.2, 0) is 0 Å². The third-order valence-electron chi connectivity index (χ3n) is 5.89. The summed E-state index contributed by atoms with van der Waals surface area (Å²) in [5.74, 6) is 0.887. The van der Waals surface area contributed by atoms with Gasteiger partial charge >= 0.3 is 0 Å². The van der Waals surface area contributed by atoms with Gasteiger partial charge in [-0.2, -0.15) is 37.1 Å². The van der Waals surface area contributed by atoms with Gasteiger partial charge in [0.15, 0.2) is 11.6 Å². The smallest absolute Gasteiger partial charge is 0.271 e. The fourth-order valence-electron chi connectivity index (χ4n) is 4.33. The Morgan fingerprint density at radius 1 is 1.20 bits per heavy atom. The predicted octanol–water partition coefficient (Wildman–Crippen LogP) is 3.03. The highest BCUT2D eigenvalue weighted by Crippen LogP contribution is 2.42. The molecule has 1 saturated heterocycles. The summed E-state index contributed by atoms with van der Waals surface area (Å²) in [7, 11) is 0. The number of fused-ring (bicyclic) bond motifs is 1. The molecule has 10 nitrogen and oxygen atoms in total. The number of anilines is 2. The maximum absolute atomic E-state index is 13.7. The van der Waals surface area contributed by atoms with Crippen molar-refractivity contribution in [3.8, 4) is 5.69 Å². The summed E-state index contributed by atoms with van der Waals surface area (Å²) in [6.45, 7) is 11.5. The monoisotopic (exact) mass is 508 g/mol. The molecule has 0 spiro atoms. The molecule has 0 bridgehead atoms.